The Morgan fingerprint density at radius 1 is 1.00 bits per heavy atom. The van der Waals surface area contributed by atoms with E-state index in [1.165, 1.54) is 0 Å². The topological polar surface area (TPSA) is 107 Å². The Kier molecular flexibility index (Phi) is 7.54. The van der Waals surface area contributed by atoms with Gasteiger partial charge in [-0.15, -0.1) is 0 Å². The van der Waals surface area contributed by atoms with Crippen LogP contribution in [0.1, 0.15) is 69.2 Å². The van der Waals surface area contributed by atoms with Crippen LogP contribution in [0.25, 0.3) is 0 Å². The average Bonchev–Trinajstić information content (AvgIpc) is 3.74. The van der Waals surface area contributed by atoms with E-state index in [-0.39, 0.29) is 37.3 Å². The van der Waals surface area contributed by atoms with Crippen LogP contribution in [0.4, 0.5) is 36.2 Å². The molecule has 2 aromatic rings. The van der Waals surface area contributed by atoms with Gasteiger partial charge in [-0.2, -0.15) is 13.2 Å². The van der Waals surface area contributed by atoms with E-state index in [1.807, 2.05) is 24.3 Å². The van der Waals surface area contributed by atoms with Crippen molar-refractivity contribution < 1.29 is 27.4 Å². The van der Waals surface area contributed by atoms with Crippen molar-refractivity contribution in [2.45, 2.75) is 88.1 Å². The standard InChI is InChI=1S/C31H38F3N7O3/c32-31(33,34)23-7-4-14-40(23)29(35)44-19-24-37-26(36-20-5-3-6-20)25-27(38-24)41(28(42)30(25)12-1-2-13-30)22-10-8-21(9-11-22)39-15-17-43-18-16-39/h8-11,20,23,35H,1-7,12-19H2,(H,36,37,38)/t23-/m1/s1. The Morgan fingerprint density at radius 2 is 1.70 bits per heavy atom. The highest BCUT2D eigenvalue weighted by Crippen LogP contribution is 2.55. The van der Waals surface area contributed by atoms with Gasteiger partial charge < -0.3 is 24.6 Å². The molecule has 1 spiro atoms. The lowest BCUT2D eigenvalue weighted by atomic mass is 9.80. The minimum absolute atomic E-state index is 0.0222. The second-order valence-electron chi connectivity index (χ2n) is 12.5. The van der Waals surface area contributed by atoms with Gasteiger partial charge in [0.2, 0.25) is 5.91 Å². The van der Waals surface area contributed by atoms with Gasteiger partial charge in [-0.25, -0.2) is 9.97 Å². The number of alkyl halides is 3. The molecule has 2 aliphatic carbocycles. The van der Waals surface area contributed by atoms with E-state index in [0.717, 1.165) is 61.3 Å². The van der Waals surface area contributed by atoms with Gasteiger partial charge in [0.1, 0.15) is 17.7 Å². The second kappa shape index (κ2) is 11.4. The number of amidine groups is 1. The summed E-state index contributed by atoms with van der Waals surface area (Å²) in [5, 5.41) is 11.9. The molecule has 1 aromatic heterocycles. The number of anilines is 4. The maximum Gasteiger partial charge on any atom is 0.408 e. The predicted octanol–water partition coefficient (Wildman–Crippen LogP) is 5.25. The zero-order valence-corrected chi connectivity index (χ0v) is 24.7. The SMILES string of the molecule is N=C(OCc1nc(NC2CCC2)c2c(n1)N(c1ccc(N3CCOCC3)cc1)C(=O)C21CCCC1)N1CCC[C@@H]1C(F)(F)F. The number of hydrogen-bond donors (Lipinski definition) is 2. The number of morpholine rings is 1. The molecule has 2 saturated carbocycles. The summed E-state index contributed by atoms with van der Waals surface area (Å²) in [4.78, 5) is 28.9. The molecule has 3 aliphatic heterocycles. The highest BCUT2D eigenvalue weighted by Gasteiger charge is 2.56. The zero-order chi connectivity index (χ0) is 30.5. The fraction of sp³-hybridized carbons (Fsp3) is 0.613. The Morgan fingerprint density at radius 3 is 2.36 bits per heavy atom. The van der Waals surface area contributed by atoms with Gasteiger partial charge in [-0.1, -0.05) is 12.8 Å². The first kappa shape index (κ1) is 29.1. The molecule has 0 radical (unpaired) electrons. The molecule has 236 valence electrons. The van der Waals surface area contributed by atoms with Crippen LogP contribution in [0, 0.1) is 5.41 Å². The number of nitrogens with zero attached hydrogens (tertiary/aromatic N) is 5. The summed E-state index contributed by atoms with van der Waals surface area (Å²) in [6, 6.07) is 5.87. The lowest BCUT2D eigenvalue weighted by molar-refractivity contribution is -0.169. The largest absolute Gasteiger partial charge is 0.457 e. The number of ether oxygens (including phenoxy) is 2. The third kappa shape index (κ3) is 5.12. The predicted molar refractivity (Wildman–Crippen MR) is 158 cm³/mol. The van der Waals surface area contributed by atoms with Crippen molar-refractivity contribution in [3.63, 3.8) is 0 Å². The molecule has 5 aliphatic rings. The van der Waals surface area contributed by atoms with Gasteiger partial charge >= 0.3 is 6.18 Å². The first-order valence-corrected chi connectivity index (χ1v) is 15.7. The molecule has 44 heavy (non-hydrogen) atoms. The van der Waals surface area contributed by atoms with Crippen LogP contribution in [-0.2, 0) is 26.3 Å². The monoisotopic (exact) mass is 613 g/mol. The van der Waals surface area contributed by atoms with E-state index in [0.29, 0.717) is 49.8 Å². The minimum atomic E-state index is -4.44. The van der Waals surface area contributed by atoms with Gasteiger partial charge in [0.05, 0.1) is 29.9 Å². The fourth-order valence-corrected chi connectivity index (χ4v) is 7.31. The number of carbonyl (C=O) groups excluding carboxylic acids is 1. The van der Waals surface area contributed by atoms with E-state index in [4.69, 9.17) is 24.9 Å². The van der Waals surface area contributed by atoms with E-state index >= 15 is 0 Å². The van der Waals surface area contributed by atoms with Crippen molar-refractivity contribution in [1.82, 2.24) is 14.9 Å². The van der Waals surface area contributed by atoms with Crippen LogP contribution in [0.15, 0.2) is 24.3 Å². The Hall–Kier alpha value is -3.61. The Labute approximate surface area is 254 Å². The lowest BCUT2D eigenvalue weighted by Crippen LogP contribution is -2.45. The summed E-state index contributed by atoms with van der Waals surface area (Å²) in [6.45, 7) is 2.78. The Bertz CT molecular complexity index is 1400. The first-order chi connectivity index (χ1) is 21.2. The highest BCUT2D eigenvalue weighted by atomic mass is 19.4. The summed E-state index contributed by atoms with van der Waals surface area (Å²) < 4.78 is 51.7. The van der Waals surface area contributed by atoms with Gasteiger partial charge in [0.25, 0.3) is 6.02 Å². The number of likely N-dealkylation sites (tertiary alicyclic amines) is 1. The molecule has 10 nitrogen and oxygen atoms in total. The summed E-state index contributed by atoms with van der Waals surface area (Å²) in [5.74, 6) is 1.29. The lowest BCUT2D eigenvalue weighted by Gasteiger charge is -2.30. The summed E-state index contributed by atoms with van der Waals surface area (Å²) in [6.07, 6.45) is 2.20. The number of nitrogens with one attached hydrogen (secondary N) is 2. The maximum absolute atomic E-state index is 14.4. The van der Waals surface area contributed by atoms with Crippen LogP contribution < -0.4 is 15.1 Å². The fourth-order valence-electron chi connectivity index (χ4n) is 7.31. The third-order valence-electron chi connectivity index (χ3n) is 9.86. The summed E-state index contributed by atoms with van der Waals surface area (Å²) in [7, 11) is 0. The summed E-state index contributed by atoms with van der Waals surface area (Å²) in [5.41, 5.74) is 1.84. The molecule has 7 rings (SSSR count). The van der Waals surface area contributed by atoms with Crippen LogP contribution in [0.5, 0.6) is 0 Å². The number of fused-ring (bicyclic) bond motifs is 2. The number of amides is 1. The molecule has 1 aromatic carbocycles. The number of hydrogen-bond acceptors (Lipinski definition) is 8. The van der Waals surface area contributed by atoms with E-state index in [9.17, 15) is 18.0 Å². The van der Waals surface area contributed by atoms with Crippen LogP contribution in [0.2, 0.25) is 0 Å². The molecule has 13 heteroatoms. The Balaban J connectivity index is 1.22. The highest BCUT2D eigenvalue weighted by molar-refractivity contribution is 6.13. The van der Waals surface area contributed by atoms with Crippen molar-refractivity contribution in [2.24, 2.45) is 0 Å². The molecule has 1 atom stereocenters. The first-order valence-electron chi connectivity index (χ1n) is 15.7. The molecule has 4 fully saturated rings. The van der Waals surface area contributed by atoms with Crippen LogP contribution in [-0.4, -0.2) is 77.9 Å². The molecular formula is C31H38F3N7O3. The summed E-state index contributed by atoms with van der Waals surface area (Å²) >= 11 is 0. The minimum Gasteiger partial charge on any atom is -0.457 e. The average molecular weight is 614 g/mol. The molecule has 0 unspecified atom stereocenters. The van der Waals surface area contributed by atoms with Crippen molar-refractivity contribution in [3.05, 3.63) is 35.7 Å². The molecule has 1 amide bonds. The second-order valence-corrected chi connectivity index (χ2v) is 12.5. The van der Waals surface area contributed by atoms with E-state index in [2.05, 4.69) is 10.2 Å². The van der Waals surface area contributed by atoms with Gasteiger partial charge in [0, 0.05) is 31.4 Å². The van der Waals surface area contributed by atoms with Crippen molar-refractivity contribution in [2.75, 3.05) is 48.0 Å². The van der Waals surface area contributed by atoms with Crippen LogP contribution >= 0.6 is 0 Å². The van der Waals surface area contributed by atoms with Crippen LogP contribution in [0.3, 0.4) is 0 Å². The molecule has 2 N–H and O–H groups in total. The van der Waals surface area contributed by atoms with Crippen molar-refractivity contribution >= 4 is 34.9 Å². The van der Waals surface area contributed by atoms with Crippen molar-refractivity contribution in [3.8, 4) is 0 Å². The van der Waals surface area contributed by atoms with E-state index in [1.54, 1.807) is 4.90 Å². The van der Waals surface area contributed by atoms with Crippen molar-refractivity contribution in [1.29, 1.82) is 5.41 Å². The zero-order valence-electron chi connectivity index (χ0n) is 24.7. The molecule has 4 heterocycles. The number of aromatic nitrogens is 2. The quantitative estimate of drug-likeness (QED) is 0.337. The molecule has 0 bridgehead atoms. The molecule has 2 saturated heterocycles. The number of carbonyl (C=O) groups is 1. The van der Waals surface area contributed by atoms with Gasteiger partial charge in [-0.05, 0) is 69.2 Å². The molecular weight excluding hydrogens is 575 g/mol. The maximum atomic E-state index is 14.4. The van der Waals surface area contributed by atoms with Gasteiger partial charge in [-0.3, -0.25) is 15.1 Å². The smallest absolute Gasteiger partial charge is 0.408 e. The third-order valence-corrected chi connectivity index (χ3v) is 9.86. The van der Waals surface area contributed by atoms with E-state index < -0.39 is 23.7 Å². The van der Waals surface area contributed by atoms with Gasteiger partial charge in [0.15, 0.2) is 12.4 Å². The number of halogens is 3. The normalized spacial score (nSPS) is 23.3. The number of rotatable bonds is 6. The number of benzene rings is 1.